The molecule has 1 N–H and O–H groups in total. The number of aliphatic hydroxyl groups is 1. The van der Waals surface area contributed by atoms with Crippen LogP contribution in [0.4, 0.5) is 5.69 Å². The van der Waals surface area contributed by atoms with Gasteiger partial charge in [0.05, 0.1) is 25.8 Å². The maximum Gasteiger partial charge on any atom is 0.300 e. The third kappa shape index (κ3) is 3.60. The molecular formula is C26H23NO5. The number of aryl methyl sites for hydroxylation is 1. The average molecular weight is 429 g/mol. The Kier molecular flexibility index (Phi) is 5.69. The molecule has 1 amide bonds. The highest BCUT2D eigenvalue weighted by Crippen LogP contribution is 2.44. The van der Waals surface area contributed by atoms with Crippen molar-refractivity contribution in [2.24, 2.45) is 0 Å². The van der Waals surface area contributed by atoms with Gasteiger partial charge < -0.3 is 14.6 Å². The SMILES string of the molecule is COc1ccc([C@H]2/C(=C(\O)c3ccccc3)C(=O)C(=O)N2c2ccc(C)cc2)cc1OC. The van der Waals surface area contributed by atoms with Gasteiger partial charge in [0.2, 0.25) is 0 Å². The number of methoxy groups -OCH3 is 2. The van der Waals surface area contributed by atoms with Crippen molar-refractivity contribution >= 4 is 23.1 Å². The highest BCUT2D eigenvalue weighted by atomic mass is 16.5. The fourth-order valence-electron chi connectivity index (χ4n) is 3.89. The van der Waals surface area contributed by atoms with E-state index in [0.717, 1.165) is 5.56 Å². The molecule has 1 atom stereocenters. The van der Waals surface area contributed by atoms with E-state index in [2.05, 4.69) is 0 Å². The van der Waals surface area contributed by atoms with E-state index in [-0.39, 0.29) is 11.3 Å². The molecule has 6 nitrogen and oxygen atoms in total. The molecule has 0 unspecified atom stereocenters. The minimum Gasteiger partial charge on any atom is -0.507 e. The number of rotatable bonds is 5. The zero-order chi connectivity index (χ0) is 22.8. The molecular weight excluding hydrogens is 406 g/mol. The maximum atomic E-state index is 13.2. The van der Waals surface area contributed by atoms with E-state index in [9.17, 15) is 14.7 Å². The van der Waals surface area contributed by atoms with Gasteiger partial charge in [-0.1, -0.05) is 54.1 Å². The fourth-order valence-corrected chi connectivity index (χ4v) is 3.89. The van der Waals surface area contributed by atoms with Crippen LogP contribution in [0.1, 0.15) is 22.7 Å². The first-order valence-corrected chi connectivity index (χ1v) is 10.1. The van der Waals surface area contributed by atoms with E-state index in [0.29, 0.717) is 28.3 Å². The second-order valence-electron chi connectivity index (χ2n) is 7.49. The predicted octanol–water partition coefficient (Wildman–Crippen LogP) is 4.64. The van der Waals surface area contributed by atoms with Crippen LogP contribution < -0.4 is 14.4 Å². The quantitative estimate of drug-likeness (QED) is 0.363. The smallest absolute Gasteiger partial charge is 0.300 e. The molecule has 3 aromatic rings. The predicted molar refractivity (Wildman–Crippen MR) is 122 cm³/mol. The highest BCUT2D eigenvalue weighted by molar-refractivity contribution is 6.51. The lowest BCUT2D eigenvalue weighted by atomic mass is 9.94. The molecule has 4 rings (SSSR count). The number of nitrogens with zero attached hydrogens (tertiary/aromatic N) is 1. The average Bonchev–Trinajstić information content (AvgIpc) is 3.09. The van der Waals surface area contributed by atoms with Gasteiger partial charge in [0.25, 0.3) is 11.7 Å². The number of hydrogen-bond donors (Lipinski definition) is 1. The molecule has 1 aliphatic heterocycles. The number of carbonyl (C=O) groups is 2. The van der Waals surface area contributed by atoms with Crippen LogP contribution in [-0.4, -0.2) is 31.0 Å². The largest absolute Gasteiger partial charge is 0.507 e. The van der Waals surface area contributed by atoms with Gasteiger partial charge in [0, 0.05) is 11.3 Å². The van der Waals surface area contributed by atoms with Crippen molar-refractivity contribution in [2.75, 3.05) is 19.1 Å². The van der Waals surface area contributed by atoms with E-state index in [1.165, 1.54) is 19.1 Å². The lowest BCUT2D eigenvalue weighted by molar-refractivity contribution is -0.132. The Balaban J connectivity index is 1.96. The number of ketones is 1. The van der Waals surface area contributed by atoms with Crippen molar-refractivity contribution in [3.63, 3.8) is 0 Å². The van der Waals surface area contributed by atoms with Crippen LogP contribution in [0.15, 0.2) is 78.4 Å². The van der Waals surface area contributed by atoms with Crippen molar-refractivity contribution < 1.29 is 24.2 Å². The Morgan fingerprint density at radius 1 is 0.875 bits per heavy atom. The molecule has 1 fully saturated rings. The molecule has 0 aliphatic carbocycles. The summed E-state index contributed by atoms with van der Waals surface area (Å²) in [6.45, 7) is 1.94. The second kappa shape index (κ2) is 8.59. The number of ether oxygens (including phenoxy) is 2. The summed E-state index contributed by atoms with van der Waals surface area (Å²) in [5.74, 6) is -0.693. The summed E-state index contributed by atoms with van der Waals surface area (Å²) in [7, 11) is 3.05. The van der Waals surface area contributed by atoms with Crippen LogP contribution in [0.25, 0.3) is 5.76 Å². The standard InChI is InChI=1S/C26H23NO5/c1-16-9-12-19(13-10-16)27-23(18-11-14-20(31-2)21(15-18)32-3)22(25(29)26(27)30)24(28)17-7-5-4-6-8-17/h4-15,23,28H,1-3H3/b24-22+/t23-/m0/s1. The van der Waals surface area contributed by atoms with E-state index >= 15 is 0 Å². The molecule has 1 aliphatic rings. The van der Waals surface area contributed by atoms with Gasteiger partial charge in [-0.05, 0) is 36.8 Å². The number of amides is 1. The first kappa shape index (κ1) is 21.2. The van der Waals surface area contributed by atoms with Gasteiger partial charge in [-0.2, -0.15) is 0 Å². The molecule has 32 heavy (non-hydrogen) atoms. The third-order valence-corrected chi connectivity index (χ3v) is 5.53. The van der Waals surface area contributed by atoms with Crippen LogP contribution in [0, 0.1) is 6.92 Å². The third-order valence-electron chi connectivity index (χ3n) is 5.53. The first-order chi connectivity index (χ1) is 15.5. The zero-order valence-electron chi connectivity index (χ0n) is 18.0. The van der Waals surface area contributed by atoms with Crippen LogP contribution in [-0.2, 0) is 9.59 Å². The highest BCUT2D eigenvalue weighted by Gasteiger charge is 2.47. The van der Waals surface area contributed by atoms with Crippen LogP contribution in [0.5, 0.6) is 11.5 Å². The molecule has 162 valence electrons. The van der Waals surface area contributed by atoms with Crippen LogP contribution in [0.3, 0.4) is 0 Å². The summed E-state index contributed by atoms with van der Waals surface area (Å²) < 4.78 is 10.8. The lowest BCUT2D eigenvalue weighted by Gasteiger charge is -2.26. The fraction of sp³-hybridized carbons (Fsp3) is 0.154. The summed E-state index contributed by atoms with van der Waals surface area (Å²) in [5, 5.41) is 11.1. The topological polar surface area (TPSA) is 76.1 Å². The monoisotopic (exact) mass is 429 g/mol. The van der Waals surface area contributed by atoms with E-state index in [1.807, 2.05) is 25.1 Å². The van der Waals surface area contributed by atoms with Gasteiger partial charge in [-0.15, -0.1) is 0 Å². The molecule has 6 heteroatoms. The minimum absolute atomic E-state index is 0.0222. The van der Waals surface area contributed by atoms with Crippen molar-refractivity contribution in [3.8, 4) is 11.5 Å². The number of aliphatic hydroxyl groups excluding tert-OH is 1. The Hall–Kier alpha value is -4.06. The summed E-state index contributed by atoms with van der Waals surface area (Å²) in [6.07, 6.45) is 0. The molecule has 0 saturated carbocycles. The van der Waals surface area contributed by atoms with E-state index < -0.39 is 17.7 Å². The van der Waals surface area contributed by atoms with Crippen molar-refractivity contribution in [1.82, 2.24) is 0 Å². The second-order valence-corrected chi connectivity index (χ2v) is 7.49. The number of benzene rings is 3. The number of hydrogen-bond acceptors (Lipinski definition) is 5. The lowest BCUT2D eigenvalue weighted by Crippen LogP contribution is -2.29. The number of anilines is 1. The van der Waals surface area contributed by atoms with Crippen molar-refractivity contribution in [3.05, 3.63) is 95.1 Å². The minimum atomic E-state index is -0.835. The molecule has 3 aromatic carbocycles. The maximum absolute atomic E-state index is 13.2. The van der Waals surface area contributed by atoms with Crippen LogP contribution >= 0.6 is 0 Å². The molecule has 0 aromatic heterocycles. The first-order valence-electron chi connectivity index (χ1n) is 10.1. The number of Topliss-reactive ketones (excluding diaryl/α,β-unsaturated/α-hetero) is 1. The van der Waals surface area contributed by atoms with Gasteiger partial charge in [0.1, 0.15) is 5.76 Å². The Morgan fingerprint density at radius 3 is 2.16 bits per heavy atom. The van der Waals surface area contributed by atoms with Gasteiger partial charge >= 0.3 is 0 Å². The van der Waals surface area contributed by atoms with Crippen molar-refractivity contribution in [2.45, 2.75) is 13.0 Å². The molecule has 1 saturated heterocycles. The van der Waals surface area contributed by atoms with Gasteiger partial charge in [0.15, 0.2) is 11.5 Å². The zero-order valence-corrected chi connectivity index (χ0v) is 18.0. The van der Waals surface area contributed by atoms with E-state index in [1.54, 1.807) is 54.6 Å². The Labute approximate surface area is 186 Å². The Morgan fingerprint density at radius 2 is 1.53 bits per heavy atom. The van der Waals surface area contributed by atoms with E-state index in [4.69, 9.17) is 9.47 Å². The Bertz CT molecular complexity index is 1200. The molecule has 0 bridgehead atoms. The summed E-state index contributed by atoms with van der Waals surface area (Å²) >= 11 is 0. The normalized spacial score (nSPS) is 17.5. The number of carbonyl (C=O) groups excluding carboxylic acids is 2. The summed E-state index contributed by atoms with van der Waals surface area (Å²) in [4.78, 5) is 27.8. The van der Waals surface area contributed by atoms with Crippen molar-refractivity contribution in [1.29, 1.82) is 0 Å². The molecule has 0 spiro atoms. The summed E-state index contributed by atoms with van der Waals surface area (Å²) in [6, 6.07) is 20.4. The summed E-state index contributed by atoms with van der Waals surface area (Å²) in [5.41, 5.74) is 2.68. The molecule has 1 heterocycles. The van der Waals surface area contributed by atoms with Crippen LogP contribution in [0.2, 0.25) is 0 Å². The van der Waals surface area contributed by atoms with Gasteiger partial charge in [-0.25, -0.2) is 0 Å². The van der Waals surface area contributed by atoms with Gasteiger partial charge in [-0.3, -0.25) is 14.5 Å². The molecule has 0 radical (unpaired) electrons.